The van der Waals surface area contributed by atoms with E-state index in [1.807, 2.05) is 24.3 Å². The van der Waals surface area contributed by atoms with E-state index >= 15 is 0 Å². The fraction of sp³-hybridized carbons (Fsp3) is 0.226. The van der Waals surface area contributed by atoms with Crippen LogP contribution in [0.2, 0.25) is 0 Å². The number of rotatable bonds is 10. The van der Waals surface area contributed by atoms with Gasteiger partial charge in [-0.25, -0.2) is 0 Å². The van der Waals surface area contributed by atoms with E-state index in [9.17, 15) is 0 Å². The molecule has 4 heteroatoms. The molecule has 0 saturated heterocycles. The summed E-state index contributed by atoms with van der Waals surface area (Å²) in [6, 6.07) is 31.9. The highest BCUT2D eigenvalue weighted by atomic mass is 16.5. The predicted octanol–water partition coefficient (Wildman–Crippen LogP) is 6.04. The van der Waals surface area contributed by atoms with Crippen LogP contribution in [-0.4, -0.2) is 36.6 Å². The number of benzene rings is 4. The van der Waals surface area contributed by atoms with Crippen LogP contribution >= 0.6 is 0 Å². The minimum atomic E-state index is 0.137. The third-order valence-corrected chi connectivity index (χ3v) is 6.47. The number of hydrogen-bond acceptors (Lipinski definition) is 4. The first-order chi connectivity index (χ1) is 17.3. The summed E-state index contributed by atoms with van der Waals surface area (Å²) >= 11 is 0. The standard InChI is InChI=1S/C31H30O4/c32-17-3-19-34-25-12-7-22(8-13-25)24-11-16-29-30(21-24)27-5-1-2-6-28(27)31(29)23-9-14-26(15-10-23)35-20-4-18-33/h1-2,5-16,21,31-33H,3-4,17-20H2. The molecule has 178 valence electrons. The van der Waals surface area contributed by atoms with Gasteiger partial charge in [-0.3, -0.25) is 0 Å². The van der Waals surface area contributed by atoms with E-state index in [0.29, 0.717) is 26.1 Å². The monoisotopic (exact) mass is 466 g/mol. The lowest BCUT2D eigenvalue weighted by molar-refractivity contribution is 0.233. The minimum Gasteiger partial charge on any atom is -0.494 e. The third kappa shape index (κ3) is 4.95. The lowest BCUT2D eigenvalue weighted by Crippen LogP contribution is -2.01. The normalized spacial score (nSPS) is 13.8. The fourth-order valence-corrected chi connectivity index (χ4v) is 4.75. The maximum absolute atomic E-state index is 8.97. The van der Waals surface area contributed by atoms with E-state index < -0.39 is 0 Å². The van der Waals surface area contributed by atoms with Gasteiger partial charge in [-0.05, 0) is 69.3 Å². The highest BCUT2D eigenvalue weighted by Gasteiger charge is 2.29. The molecule has 0 amide bonds. The Morgan fingerprint density at radius 1 is 0.571 bits per heavy atom. The van der Waals surface area contributed by atoms with Crippen molar-refractivity contribution in [2.45, 2.75) is 18.8 Å². The van der Waals surface area contributed by atoms with Gasteiger partial charge in [0.2, 0.25) is 0 Å². The van der Waals surface area contributed by atoms with E-state index in [1.54, 1.807) is 0 Å². The maximum Gasteiger partial charge on any atom is 0.119 e. The first-order valence-corrected chi connectivity index (χ1v) is 12.2. The summed E-state index contributed by atoms with van der Waals surface area (Å²) < 4.78 is 11.4. The summed E-state index contributed by atoms with van der Waals surface area (Å²) in [4.78, 5) is 0. The molecule has 35 heavy (non-hydrogen) atoms. The predicted molar refractivity (Wildman–Crippen MR) is 139 cm³/mol. The topological polar surface area (TPSA) is 58.9 Å². The molecule has 0 radical (unpaired) electrons. The molecule has 1 atom stereocenters. The van der Waals surface area contributed by atoms with Crippen molar-refractivity contribution in [2.75, 3.05) is 26.4 Å². The van der Waals surface area contributed by atoms with Crippen LogP contribution in [0.5, 0.6) is 11.5 Å². The van der Waals surface area contributed by atoms with E-state index in [0.717, 1.165) is 17.1 Å². The summed E-state index contributed by atoms with van der Waals surface area (Å²) in [5.74, 6) is 1.83. The zero-order valence-corrected chi connectivity index (χ0v) is 19.7. The lowest BCUT2D eigenvalue weighted by atomic mass is 9.89. The van der Waals surface area contributed by atoms with Gasteiger partial charge in [0.15, 0.2) is 0 Å². The number of fused-ring (bicyclic) bond motifs is 3. The Bertz CT molecular complexity index is 1260. The highest BCUT2D eigenvalue weighted by molar-refractivity contribution is 5.84. The van der Waals surface area contributed by atoms with Crippen LogP contribution < -0.4 is 9.47 Å². The van der Waals surface area contributed by atoms with Crippen molar-refractivity contribution in [3.05, 3.63) is 108 Å². The van der Waals surface area contributed by atoms with Gasteiger partial charge in [-0.2, -0.15) is 0 Å². The number of aliphatic hydroxyl groups excluding tert-OH is 2. The first kappa shape index (κ1) is 23.2. The molecule has 0 heterocycles. The van der Waals surface area contributed by atoms with Crippen LogP contribution in [0.25, 0.3) is 22.3 Å². The van der Waals surface area contributed by atoms with Crippen LogP contribution in [0.1, 0.15) is 35.4 Å². The van der Waals surface area contributed by atoms with Crippen LogP contribution in [0.4, 0.5) is 0 Å². The Labute approximate surface area is 206 Å². The van der Waals surface area contributed by atoms with Crippen molar-refractivity contribution in [1.29, 1.82) is 0 Å². The summed E-state index contributed by atoms with van der Waals surface area (Å²) in [6.07, 6.45) is 1.26. The molecule has 0 spiro atoms. The van der Waals surface area contributed by atoms with Crippen LogP contribution in [0.15, 0.2) is 91.0 Å². The van der Waals surface area contributed by atoms with Gasteiger partial charge in [0.05, 0.1) is 13.2 Å². The molecule has 1 aliphatic carbocycles. The van der Waals surface area contributed by atoms with E-state index in [2.05, 4.69) is 66.7 Å². The Kier molecular flexibility index (Phi) is 7.12. The molecule has 0 fully saturated rings. The van der Waals surface area contributed by atoms with Gasteiger partial charge in [-0.15, -0.1) is 0 Å². The molecule has 4 nitrogen and oxygen atoms in total. The lowest BCUT2D eigenvalue weighted by Gasteiger charge is -2.15. The smallest absolute Gasteiger partial charge is 0.119 e. The average molecular weight is 467 g/mol. The summed E-state index contributed by atoms with van der Waals surface area (Å²) in [5, 5.41) is 17.9. The number of aliphatic hydroxyl groups is 2. The number of hydrogen-bond donors (Lipinski definition) is 2. The van der Waals surface area contributed by atoms with E-state index in [-0.39, 0.29) is 19.1 Å². The van der Waals surface area contributed by atoms with Gasteiger partial charge in [0.25, 0.3) is 0 Å². The summed E-state index contributed by atoms with van der Waals surface area (Å²) in [5.41, 5.74) is 8.74. The Balaban J connectivity index is 1.43. The Morgan fingerprint density at radius 2 is 1.14 bits per heavy atom. The van der Waals surface area contributed by atoms with Gasteiger partial charge >= 0.3 is 0 Å². The molecule has 0 aromatic heterocycles. The Hall–Kier alpha value is -3.60. The zero-order chi connectivity index (χ0) is 24.0. The second kappa shape index (κ2) is 10.8. The summed E-state index contributed by atoms with van der Waals surface area (Å²) in [6.45, 7) is 1.31. The van der Waals surface area contributed by atoms with Gasteiger partial charge in [0.1, 0.15) is 11.5 Å². The largest absolute Gasteiger partial charge is 0.494 e. The van der Waals surface area contributed by atoms with Crippen molar-refractivity contribution >= 4 is 0 Å². The molecule has 4 aromatic carbocycles. The molecule has 4 aromatic rings. The zero-order valence-electron chi connectivity index (χ0n) is 19.7. The van der Waals surface area contributed by atoms with E-state index in [1.165, 1.54) is 33.4 Å². The minimum absolute atomic E-state index is 0.137. The van der Waals surface area contributed by atoms with E-state index in [4.69, 9.17) is 19.7 Å². The van der Waals surface area contributed by atoms with Gasteiger partial charge < -0.3 is 19.7 Å². The van der Waals surface area contributed by atoms with Crippen molar-refractivity contribution in [2.24, 2.45) is 0 Å². The van der Waals surface area contributed by atoms with Crippen LogP contribution in [0.3, 0.4) is 0 Å². The quantitative estimate of drug-likeness (QED) is 0.247. The molecular formula is C31H30O4. The summed E-state index contributed by atoms with van der Waals surface area (Å²) in [7, 11) is 0. The Morgan fingerprint density at radius 3 is 1.80 bits per heavy atom. The van der Waals surface area contributed by atoms with Crippen LogP contribution in [-0.2, 0) is 0 Å². The van der Waals surface area contributed by atoms with Crippen molar-refractivity contribution in [3.63, 3.8) is 0 Å². The fourth-order valence-electron chi connectivity index (χ4n) is 4.75. The van der Waals surface area contributed by atoms with Crippen molar-refractivity contribution in [1.82, 2.24) is 0 Å². The second-order valence-corrected chi connectivity index (χ2v) is 8.77. The molecular weight excluding hydrogens is 436 g/mol. The number of ether oxygens (including phenoxy) is 2. The third-order valence-electron chi connectivity index (χ3n) is 6.47. The molecule has 1 unspecified atom stereocenters. The van der Waals surface area contributed by atoms with Crippen molar-refractivity contribution < 1.29 is 19.7 Å². The molecule has 0 saturated carbocycles. The highest BCUT2D eigenvalue weighted by Crippen LogP contribution is 2.49. The molecule has 5 rings (SSSR count). The molecule has 2 N–H and O–H groups in total. The maximum atomic E-state index is 8.97. The molecule has 1 aliphatic rings. The second-order valence-electron chi connectivity index (χ2n) is 8.77. The molecule has 0 bridgehead atoms. The van der Waals surface area contributed by atoms with Crippen LogP contribution in [0, 0.1) is 0 Å². The van der Waals surface area contributed by atoms with Gasteiger partial charge in [-0.1, -0.05) is 60.7 Å². The average Bonchev–Trinajstić information content (AvgIpc) is 3.24. The van der Waals surface area contributed by atoms with Crippen molar-refractivity contribution in [3.8, 4) is 33.8 Å². The van der Waals surface area contributed by atoms with Gasteiger partial charge in [0, 0.05) is 32.0 Å². The molecule has 0 aliphatic heterocycles. The first-order valence-electron chi connectivity index (χ1n) is 12.2. The SMILES string of the molecule is OCCCOc1ccc(-c2ccc3c(c2)-c2ccccc2C3c2ccc(OCCCO)cc2)cc1.